The van der Waals surface area contributed by atoms with Crippen molar-refractivity contribution < 1.29 is 9.90 Å². The highest BCUT2D eigenvalue weighted by Gasteiger charge is 2.15. The van der Waals surface area contributed by atoms with Gasteiger partial charge in [-0.1, -0.05) is 19.9 Å². The fraction of sp³-hybridized carbons (Fsp3) is 0.727. The molecule has 0 amide bonds. The lowest BCUT2D eigenvalue weighted by Crippen LogP contribution is -2.37. The molecule has 4 nitrogen and oxygen atoms in total. The van der Waals surface area contributed by atoms with Gasteiger partial charge >= 0.3 is 5.97 Å². The van der Waals surface area contributed by atoms with Gasteiger partial charge in [-0.3, -0.25) is 16.1 Å². The fourth-order valence-corrected chi connectivity index (χ4v) is 1.64. The van der Waals surface area contributed by atoms with E-state index < -0.39 is 5.97 Å². The van der Waals surface area contributed by atoms with Crippen LogP contribution >= 0.6 is 0 Å². The molecule has 0 spiro atoms. The molecule has 4 N–H and O–H groups in total. The molecule has 15 heavy (non-hydrogen) atoms. The predicted octanol–water partition coefficient (Wildman–Crippen LogP) is 1.53. The summed E-state index contributed by atoms with van der Waals surface area (Å²) in [5.41, 5.74) is 2.73. The maximum Gasteiger partial charge on any atom is 0.303 e. The Labute approximate surface area is 91.5 Å². The van der Waals surface area contributed by atoms with Gasteiger partial charge in [0.15, 0.2) is 0 Å². The molecule has 0 saturated carbocycles. The molecule has 0 aliphatic rings. The van der Waals surface area contributed by atoms with Crippen molar-refractivity contribution in [2.75, 3.05) is 0 Å². The summed E-state index contributed by atoms with van der Waals surface area (Å²) in [4.78, 5) is 10.5. The van der Waals surface area contributed by atoms with E-state index in [1.165, 1.54) is 0 Å². The molecule has 0 aromatic rings. The number of carboxylic acids is 1. The van der Waals surface area contributed by atoms with E-state index in [9.17, 15) is 4.79 Å². The van der Waals surface area contributed by atoms with Crippen LogP contribution in [0, 0.1) is 11.8 Å². The third-order valence-corrected chi connectivity index (χ3v) is 2.50. The number of nitrogens with one attached hydrogen (secondary N) is 1. The van der Waals surface area contributed by atoms with Gasteiger partial charge in [0, 0.05) is 12.5 Å². The van der Waals surface area contributed by atoms with Crippen LogP contribution in [0.15, 0.2) is 12.7 Å². The molecule has 3 unspecified atom stereocenters. The van der Waals surface area contributed by atoms with Crippen LogP contribution in [0.3, 0.4) is 0 Å². The number of carbonyl (C=O) groups is 1. The number of hydrogen-bond donors (Lipinski definition) is 3. The largest absolute Gasteiger partial charge is 0.481 e. The number of hydrogen-bond acceptors (Lipinski definition) is 3. The maximum atomic E-state index is 10.5. The highest BCUT2D eigenvalue weighted by molar-refractivity contribution is 5.66. The first-order chi connectivity index (χ1) is 6.99. The van der Waals surface area contributed by atoms with Crippen molar-refractivity contribution in [3.63, 3.8) is 0 Å². The average molecular weight is 214 g/mol. The minimum absolute atomic E-state index is 0.139. The number of allylic oxidation sites excluding steroid dienone is 1. The number of hydrazine groups is 1. The molecule has 0 fully saturated rings. The van der Waals surface area contributed by atoms with Crippen molar-refractivity contribution >= 4 is 5.97 Å². The highest BCUT2D eigenvalue weighted by atomic mass is 16.4. The Morgan fingerprint density at radius 2 is 2.13 bits per heavy atom. The van der Waals surface area contributed by atoms with Gasteiger partial charge in [-0.15, -0.1) is 6.58 Å². The summed E-state index contributed by atoms with van der Waals surface area (Å²) in [6.07, 6.45) is 3.75. The number of nitrogens with two attached hydrogens (primary N) is 1. The van der Waals surface area contributed by atoms with Gasteiger partial charge < -0.3 is 5.11 Å². The maximum absolute atomic E-state index is 10.5. The third-order valence-electron chi connectivity index (χ3n) is 2.50. The van der Waals surface area contributed by atoms with Gasteiger partial charge in [-0.05, 0) is 24.7 Å². The lowest BCUT2D eigenvalue weighted by Gasteiger charge is -2.21. The van der Waals surface area contributed by atoms with Crippen molar-refractivity contribution in [2.45, 2.75) is 39.2 Å². The van der Waals surface area contributed by atoms with Crippen molar-refractivity contribution in [2.24, 2.45) is 17.7 Å². The van der Waals surface area contributed by atoms with Gasteiger partial charge in [0.05, 0.1) is 0 Å². The number of carboxylic acid groups (broad SMARTS) is 1. The zero-order chi connectivity index (χ0) is 11.8. The van der Waals surface area contributed by atoms with E-state index in [4.69, 9.17) is 10.9 Å². The average Bonchev–Trinajstić information content (AvgIpc) is 2.15. The Bertz CT molecular complexity index is 207. The van der Waals surface area contributed by atoms with Crippen LogP contribution in [0.1, 0.15) is 33.1 Å². The molecule has 4 heteroatoms. The first-order valence-electron chi connectivity index (χ1n) is 5.30. The van der Waals surface area contributed by atoms with E-state index in [0.29, 0.717) is 5.92 Å². The van der Waals surface area contributed by atoms with Crippen LogP contribution in [0.25, 0.3) is 0 Å². The van der Waals surface area contributed by atoms with Crippen molar-refractivity contribution in [3.8, 4) is 0 Å². The van der Waals surface area contributed by atoms with E-state index in [2.05, 4.69) is 18.9 Å². The topological polar surface area (TPSA) is 75.3 Å². The summed E-state index contributed by atoms with van der Waals surface area (Å²) in [7, 11) is 0. The molecule has 0 bridgehead atoms. The first kappa shape index (κ1) is 14.1. The van der Waals surface area contributed by atoms with E-state index in [1.54, 1.807) is 0 Å². The van der Waals surface area contributed by atoms with Crippen LogP contribution in [0.5, 0.6) is 0 Å². The second-order valence-corrected chi connectivity index (χ2v) is 4.25. The van der Waals surface area contributed by atoms with E-state index >= 15 is 0 Å². The number of rotatable bonds is 8. The van der Waals surface area contributed by atoms with Crippen LogP contribution < -0.4 is 11.3 Å². The van der Waals surface area contributed by atoms with Crippen LogP contribution in [-0.4, -0.2) is 17.1 Å². The molecule has 0 aliphatic heterocycles. The van der Waals surface area contributed by atoms with Crippen molar-refractivity contribution in [1.29, 1.82) is 0 Å². The molecule has 0 heterocycles. The Morgan fingerprint density at radius 3 is 2.53 bits per heavy atom. The second kappa shape index (κ2) is 7.43. The molecule has 0 aromatic heterocycles. The summed E-state index contributed by atoms with van der Waals surface area (Å²) < 4.78 is 0. The Kier molecular flexibility index (Phi) is 6.99. The summed E-state index contributed by atoms with van der Waals surface area (Å²) in [6.45, 7) is 7.71. The predicted molar refractivity (Wildman–Crippen MR) is 61.1 cm³/mol. The minimum atomic E-state index is -0.755. The van der Waals surface area contributed by atoms with Crippen LogP contribution in [0.2, 0.25) is 0 Å². The molecule has 0 aliphatic carbocycles. The Hall–Kier alpha value is -0.870. The molecular weight excluding hydrogens is 192 g/mol. The van der Waals surface area contributed by atoms with E-state index in [0.717, 1.165) is 12.8 Å². The molecule has 0 saturated heterocycles. The second-order valence-electron chi connectivity index (χ2n) is 4.25. The quantitative estimate of drug-likeness (QED) is 0.325. The lowest BCUT2D eigenvalue weighted by atomic mass is 9.93. The summed E-state index contributed by atoms with van der Waals surface area (Å²) >= 11 is 0. The van der Waals surface area contributed by atoms with Gasteiger partial charge in [-0.25, -0.2) is 0 Å². The Balaban J connectivity index is 3.97. The minimum Gasteiger partial charge on any atom is -0.481 e. The standard InChI is InChI=1S/C11H22N2O2/c1-4-8(2)5-10(13-12)6-9(3)7-11(14)15/h4,8-10,13H,1,5-7,12H2,2-3H3,(H,14,15). The fourth-order valence-electron chi connectivity index (χ4n) is 1.64. The SMILES string of the molecule is C=CC(C)CC(CC(C)CC(=O)O)NN. The monoisotopic (exact) mass is 214 g/mol. The molecule has 0 aromatic carbocycles. The summed E-state index contributed by atoms with van der Waals surface area (Å²) in [5.74, 6) is 5.20. The van der Waals surface area contributed by atoms with Crippen molar-refractivity contribution in [1.82, 2.24) is 5.43 Å². The molecule has 0 rings (SSSR count). The van der Waals surface area contributed by atoms with E-state index in [-0.39, 0.29) is 18.4 Å². The van der Waals surface area contributed by atoms with Crippen molar-refractivity contribution in [3.05, 3.63) is 12.7 Å². The Morgan fingerprint density at radius 1 is 1.53 bits per heavy atom. The first-order valence-corrected chi connectivity index (χ1v) is 5.30. The van der Waals surface area contributed by atoms with Gasteiger partial charge in [-0.2, -0.15) is 0 Å². The molecule has 0 radical (unpaired) electrons. The summed E-state index contributed by atoms with van der Waals surface area (Å²) in [6, 6.07) is 0.160. The lowest BCUT2D eigenvalue weighted by molar-refractivity contribution is -0.138. The van der Waals surface area contributed by atoms with Crippen LogP contribution in [-0.2, 0) is 4.79 Å². The van der Waals surface area contributed by atoms with E-state index in [1.807, 2.05) is 13.0 Å². The normalized spacial score (nSPS) is 16.7. The molecule has 3 atom stereocenters. The van der Waals surface area contributed by atoms with Gasteiger partial charge in [0.1, 0.15) is 0 Å². The molecule has 88 valence electrons. The highest BCUT2D eigenvalue weighted by Crippen LogP contribution is 2.16. The molecular formula is C11H22N2O2. The smallest absolute Gasteiger partial charge is 0.303 e. The third kappa shape index (κ3) is 7.11. The van der Waals surface area contributed by atoms with Crippen LogP contribution in [0.4, 0.5) is 0 Å². The summed E-state index contributed by atoms with van der Waals surface area (Å²) in [5, 5.41) is 8.63. The van der Waals surface area contributed by atoms with Gasteiger partial charge in [0.2, 0.25) is 0 Å². The number of aliphatic carboxylic acids is 1. The zero-order valence-electron chi connectivity index (χ0n) is 9.57. The zero-order valence-corrected chi connectivity index (χ0v) is 9.57. The van der Waals surface area contributed by atoms with Gasteiger partial charge in [0.25, 0.3) is 0 Å².